The molecule has 0 atom stereocenters. The average Bonchev–Trinajstić information content (AvgIpc) is 3.47. The third kappa shape index (κ3) is 7.14. The SMILES string of the molecule is C=C(C)NCCNCc1c(OCc2cncc(F)c2)cc(OCc2cccc(-c3ccccc3)c2C)c2c1CCC2. The van der Waals surface area contributed by atoms with Crippen molar-refractivity contribution in [3.8, 4) is 22.6 Å². The number of pyridine rings is 1. The molecule has 1 aromatic heterocycles. The molecule has 0 saturated heterocycles. The highest BCUT2D eigenvalue weighted by Gasteiger charge is 2.24. The summed E-state index contributed by atoms with van der Waals surface area (Å²) in [6.07, 6.45) is 5.88. The first-order valence-corrected chi connectivity index (χ1v) is 14.3. The predicted octanol–water partition coefficient (Wildman–Crippen LogP) is 7.06. The van der Waals surface area contributed by atoms with Crippen LogP contribution in [0.3, 0.4) is 0 Å². The van der Waals surface area contributed by atoms with E-state index in [0.29, 0.717) is 18.7 Å². The van der Waals surface area contributed by atoms with Crippen LogP contribution in [0.2, 0.25) is 0 Å². The van der Waals surface area contributed by atoms with Crippen LogP contribution in [0.5, 0.6) is 11.5 Å². The van der Waals surface area contributed by atoms with E-state index >= 15 is 0 Å². The van der Waals surface area contributed by atoms with Crippen molar-refractivity contribution in [2.45, 2.75) is 52.9 Å². The molecule has 0 amide bonds. The fourth-order valence-corrected chi connectivity index (χ4v) is 5.44. The number of rotatable bonds is 13. The maximum atomic E-state index is 13.8. The topological polar surface area (TPSA) is 55.4 Å². The van der Waals surface area contributed by atoms with Crippen LogP contribution in [0, 0.1) is 12.7 Å². The molecule has 4 aromatic rings. The minimum Gasteiger partial charge on any atom is -0.488 e. The van der Waals surface area contributed by atoms with Gasteiger partial charge in [-0.1, -0.05) is 55.1 Å². The minimum atomic E-state index is -0.371. The number of hydrogen-bond acceptors (Lipinski definition) is 5. The molecule has 0 spiro atoms. The molecule has 0 saturated carbocycles. The molecule has 1 aliphatic rings. The number of ether oxygens (including phenoxy) is 2. The van der Waals surface area contributed by atoms with E-state index in [1.807, 2.05) is 19.1 Å². The summed E-state index contributed by atoms with van der Waals surface area (Å²) in [6, 6.07) is 20.3. The van der Waals surface area contributed by atoms with Crippen molar-refractivity contribution in [1.29, 1.82) is 0 Å². The normalized spacial score (nSPS) is 12.2. The molecule has 1 aliphatic carbocycles. The summed E-state index contributed by atoms with van der Waals surface area (Å²) in [5, 5.41) is 6.80. The minimum absolute atomic E-state index is 0.228. The number of aromatic nitrogens is 1. The van der Waals surface area contributed by atoms with Crippen LogP contribution in [0.1, 0.15) is 46.7 Å². The number of allylic oxidation sites excluding steroid dienone is 1. The zero-order chi connectivity index (χ0) is 28.6. The number of hydrogen-bond donors (Lipinski definition) is 2. The Bertz CT molecular complexity index is 1500. The molecule has 5 rings (SSSR count). The van der Waals surface area contributed by atoms with Crippen molar-refractivity contribution in [3.05, 3.63) is 125 Å². The Balaban J connectivity index is 1.40. The first-order valence-electron chi connectivity index (χ1n) is 14.3. The Labute approximate surface area is 242 Å². The highest BCUT2D eigenvalue weighted by molar-refractivity contribution is 5.68. The lowest BCUT2D eigenvalue weighted by Crippen LogP contribution is -2.26. The smallest absolute Gasteiger partial charge is 0.141 e. The van der Waals surface area contributed by atoms with Crippen LogP contribution >= 0.6 is 0 Å². The number of fused-ring (bicyclic) bond motifs is 1. The third-order valence-electron chi connectivity index (χ3n) is 7.54. The molecule has 0 bridgehead atoms. The van der Waals surface area contributed by atoms with Gasteiger partial charge in [-0.3, -0.25) is 4.98 Å². The summed E-state index contributed by atoms with van der Waals surface area (Å²) in [5.41, 5.74) is 10.1. The van der Waals surface area contributed by atoms with Crippen molar-refractivity contribution in [2.24, 2.45) is 0 Å². The van der Waals surface area contributed by atoms with Crippen LogP contribution in [0.15, 0.2) is 85.3 Å². The van der Waals surface area contributed by atoms with E-state index in [0.717, 1.165) is 60.7 Å². The van der Waals surface area contributed by atoms with E-state index in [1.54, 1.807) is 6.20 Å². The molecule has 41 heavy (non-hydrogen) atoms. The van der Waals surface area contributed by atoms with Gasteiger partial charge in [-0.25, -0.2) is 4.39 Å². The van der Waals surface area contributed by atoms with Gasteiger partial charge in [-0.05, 0) is 72.6 Å². The summed E-state index contributed by atoms with van der Waals surface area (Å²) >= 11 is 0. The molecule has 0 unspecified atom stereocenters. The Morgan fingerprint density at radius 2 is 1.73 bits per heavy atom. The molecule has 1 heterocycles. The molecule has 3 aromatic carbocycles. The van der Waals surface area contributed by atoms with Crippen molar-refractivity contribution >= 4 is 0 Å². The van der Waals surface area contributed by atoms with Crippen LogP contribution in [-0.4, -0.2) is 18.1 Å². The second-order valence-corrected chi connectivity index (χ2v) is 10.6. The van der Waals surface area contributed by atoms with E-state index in [9.17, 15) is 4.39 Å². The van der Waals surface area contributed by atoms with E-state index in [2.05, 4.69) is 71.6 Å². The van der Waals surface area contributed by atoms with Crippen molar-refractivity contribution in [3.63, 3.8) is 0 Å². The maximum absolute atomic E-state index is 13.8. The fraction of sp³-hybridized carbons (Fsp3) is 0.286. The molecule has 5 nitrogen and oxygen atoms in total. The zero-order valence-electron chi connectivity index (χ0n) is 23.9. The van der Waals surface area contributed by atoms with Gasteiger partial charge in [0.05, 0.1) is 6.20 Å². The van der Waals surface area contributed by atoms with Crippen LogP contribution in [0.25, 0.3) is 11.1 Å². The van der Waals surface area contributed by atoms with Gasteiger partial charge in [-0.2, -0.15) is 0 Å². The van der Waals surface area contributed by atoms with E-state index < -0.39 is 0 Å². The lowest BCUT2D eigenvalue weighted by Gasteiger charge is -2.20. The van der Waals surface area contributed by atoms with Gasteiger partial charge in [0.15, 0.2) is 0 Å². The lowest BCUT2D eigenvalue weighted by molar-refractivity contribution is 0.284. The monoisotopic (exact) mass is 551 g/mol. The van der Waals surface area contributed by atoms with Crippen LogP contribution in [-0.2, 0) is 32.6 Å². The van der Waals surface area contributed by atoms with Gasteiger partial charge in [-0.15, -0.1) is 0 Å². The highest BCUT2D eigenvalue weighted by atomic mass is 19.1. The second kappa shape index (κ2) is 13.5. The molecule has 212 valence electrons. The Morgan fingerprint density at radius 1 is 0.927 bits per heavy atom. The summed E-state index contributed by atoms with van der Waals surface area (Å²) in [7, 11) is 0. The number of nitrogens with one attached hydrogen (secondary N) is 2. The van der Waals surface area contributed by atoms with E-state index in [1.165, 1.54) is 40.1 Å². The molecule has 0 fully saturated rings. The quantitative estimate of drug-likeness (QED) is 0.174. The van der Waals surface area contributed by atoms with E-state index in [-0.39, 0.29) is 12.4 Å². The van der Waals surface area contributed by atoms with Crippen molar-refractivity contribution in [2.75, 3.05) is 13.1 Å². The lowest BCUT2D eigenvalue weighted by atomic mass is 9.97. The van der Waals surface area contributed by atoms with Gasteiger partial charge in [0.1, 0.15) is 30.5 Å². The van der Waals surface area contributed by atoms with Crippen LogP contribution < -0.4 is 20.1 Å². The zero-order valence-corrected chi connectivity index (χ0v) is 23.9. The van der Waals surface area contributed by atoms with Gasteiger partial charge in [0, 0.05) is 48.7 Å². The Kier molecular flexibility index (Phi) is 9.32. The standard InChI is InChI=1S/C35H38FN3O2/c1-24(2)39-16-15-37-21-33-31-13-8-14-32(31)34(18-35(33)40-22-26-17-29(36)20-38-19-26)41-23-28-11-7-12-30(25(28)3)27-9-5-4-6-10-27/h4-7,9-12,17-20,37,39H,1,8,13-16,21-23H2,2-3H3. The Morgan fingerprint density at radius 3 is 2.54 bits per heavy atom. The van der Waals surface area contributed by atoms with Gasteiger partial charge in [0.2, 0.25) is 0 Å². The molecule has 0 radical (unpaired) electrons. The largest absolute Gasteiger partial charge is 0.488 e. The molecule has 2 N–H and O–H groups in total. The molecule has 0 aliphatic heterocycles. The first kappa shape index (κ1) is 28.4. The number of benzene rings is 3. The third-order valence-corrected chi connectivity index (χ3v) is 7.54. The van der Waals surface area contributed by atoms with Crippen LogP contribution in [0.4, 0.5) is 4.39 Å². The highest BCUT2D eigenvalue weighted by Crippen LogP contribution is 2.40. The second-order valence-electron chi connectivity index (χ2n) is 10.6. The summed E-state index contributed by atoms with van der Waals surface area (Å²) < 4.78 is 26.7. The van der Waals surface area contributed by atoms with Crippen molar-refractivity contribution < 1.29 is 13.9 Å². The summed E-state index contributed by atoms with van der Waals surface area (Å²) in [4.78, 5) is 3.97. The number of nitrogens with zero attached hydrogens (tertiary/aromatic N) is 1. The van der Waals surface area contributed by atoms with Gasteiger partial charge >= 0.3 is 0 Å². The van der Waals surface area contributed by atoms with Gasteiger partial charge in [0.25, 0.3) is 0 Å². The van der Waals surface area contributed by atoms with E-state index in [4.69, 9.17) is 9.47 Å². The average molecular weight is 552 g/mol. The fourth-order valence-electron chi connectivity index (χ4n) is 5.44. The summed E-state index contributed by atoms with van der Waals surface area (Å²) in [6.45, 7) is 11.0. The molecule has 6 heteroatoms. The molecular formula is C35H38FN3O2. The van der Waals surface area contributed by atoms with Crippen molar-refractivity contribution in [1.82, 2.24) is 15.6 Å². The van der Waals surface area contributed by atoms with Gasteiger partial charge < -0.3 is 20.1 Å². The Hall–Kier alpha value is -4.16. The number of halogens is 1. The molecular weight excluding hydrogens is 513 g/mol. The summed E-state index contributed by atoms with van der Waals surface area (Å²) in [5.74, 6) is 1.26. The predicted molar refractivity (Wildman–Crippen MR) is 162 cm³/mol. The maximum Gasteiger partial charge on any atom is 0.141 e. The first-order chi connectivity index (χ1) is 20.0.